The van der Waals surface area contributed by atoms with Crippen LogP contribution in [0.5, 0.6) is 11.5 Å². The number of carbonyl (C=O) groups is 1. The molecular weight excluding hydrogens is 455 g/mol. The molecule has 1 aromatic heterocycles. The summed E-state index contributed by atoms with van der Waals surface area (Å²) < 4.78 is 26.5. The zero-order valence-electron chi connectivity index (χ0n) is 19.6. The molecule has 3 aromatic rings. The number of ether oxygens (including phenoxy) is 2. The molecule has 2 aromatic carbocycles. The number of anilines is 1. The van der Waals surface area contributed by atoms with Gasteiger partial charge in [0.1, 0.15) is 5.82 Å². The lowest BCUT2D eigenvalue weighted by Gasteiger charge is -2.26. The van der Waals surface area contributed by atoms with E-state index >= 15 is 0 Å². The maximum absolute atomic E-state index is 13.5. The Morgan fingerprint density at radius 1 is 1.09 bits per heavy atom. The Morgan fingerprint density at radius 3 is 2.56 bits per heavy atom. The van der Waals surface area contributed by atoms with Gasteiger partial charge in [-0.25, -0.2) is 4.39 Å². The summed E-state index contributed by atoms with van der Waals surface area (Å²) in [7, 11) is 3.21. The lowest BCUT2D eigenvalue weighted by molar-refractivity contribution is -0.115. The smallest absolute Gasteiger partial charge is 0.237 e. The highest BCUT2D eigenvalue weighted by atomic mass is 32.2. The molecule has 1 saturated carbocycles. The monoisotopic (exact) mass is 484 g/mol. The van der Waals surface area contributed by atoms with Crippen LogP contribution < -0.4 is 14.8 Å². The van der Waals surface area contributed by atoms with Crippen LogP contribution in [0.1, 0.15) is 45.1 Å². The number of nitrogens with one attached hydrogen (secondary N) is 1. The van der Waals surface area contributed by atoms with Gasteiger partial charge in [0.2, 0.25) is 5.91 Å². The van der Waals surface area contributed by atoms with E-state index < -0.39 is 11.1 Å². The zero-order chi connectivity index (χ0) is 24.1. The maximum atomic E-state index is 13.5. The van der Waals surface area contributed by atoms with Crippen molar-refractivity contribution in [2.75, 3.05) is 19.5 Å². The molecule has 1 fully saturated rings. The first-order chi connectivity index (χ1) is 16.5. The summed E-state index contributed by atoms with van der Waals surface area (Å²) in [5, 5.41) is 12.0. The second kappa shape index (κ2) is 10.9. The summed E-state index contributed by atoms with van der Waals surface area (Å²) >= 11 is 1.36. The Kier molecular flexibility index (Phi) is 7.72. The van der Waals surface area contributed by atoms with E-state index in [0.717, 1.165) is 37.1 Å². The fraction of sp³-hybridized carbons (Fsp3) is 0.400. The minimum Gasteiger partial charge on any atom is -0.493 e. The summed E-state index contributed by atoms with van der Waals surface area (Å²) in [4.78, 5) is 12.8. The van der Waals surface area contributed by atoms with Crippen LogP contribution in [-0.4, -0.2) is 40.1 Å². The van der Waals surface area contributed by atoms with Crippen molar-refractivity contribution in [3.8, 4) is 22.9 Å². The lowest BCUT2D eigenvalue weighted by atomic mass is 9.95. The highest BCUT2D eigenvalue weighted by molar-refractivity contribution is 8.00. The Morgan fingerprint density at radius 2 is 1.85 bits per heavy atom. The van der Waals surface area contributed by atoms with E-state index in [2.05, 4.69) is 20.1 Å². The van der Waals surface area contributed by atoms with Crippen LogP contribution in [0.25, 0.3) is 11.4 Å². The molecule has 1 unspecified atom stereocenters. The number of halogens is 1. The molecule has 1 aliphatic carbocycles. The number of hydrogen-bond acceptors (Lipinski definition) is 6. The Hall–Kier alpha value is -3.07. The molecule has 7 nitrogen and oxygen atoms in total. The number of aromatic nitrogens is 3. The molecule has 0 aliphatic heterocycles. The number of carbonyl (C=O) groups excluding carboxylic acids is 1. The predicted molar refractivity (Wildman–Crippen MR) is 131 cm³/mol. The highest BCUT2D eigenvalue weighted by Crippen LogP contribution is 2.38. The number of benzene rings is 2. The molecule has 1 N–H and O–H groups in total. The zero-order valence-corrected chi connectivity index (χ0v) is 20.4. The highest BCUT2D eigenvalue weighted by Gasteiger charge is 2.27. The lowest BCUT2D eigenvalue weighted by Crippen LogP contribution is -2.23. The van der Waals surface area contributed by atoms with E-state index in [4.69, 9.17) is 9.47 Å². The normalized spacial score (nSPS) is 15.1. The van der Waals surface area contributed by atoms with E-state index in [1.54, 1.807) is 26.4 Å². The van der Waals surface area contributed by atoms with Gasteiger partial charge in [-0.05, 0) is 56.2 Å². The van der Waals surface area contributed by atoms with Gasteiger partial charge in [-0.1, -0.05) is 37.1 Å². The average Bonchev–Trinajstić information content (AvgIpc) is 3.27. The first-order valence-electron chi connectivity index (χ1n) is 11.4. The molecule has 1 heterocycles. The van der Waals surface area contributed by atoms with Crippen LogP contribution in [0.2, 0.25) is 0 Å². The Labute approximate surface area is 203 Å². The molecule has 1 amide bonds. The summed E-state index contributed by atoms with van der Waals surface area (Å²) in [6.45, 7) is 1.81. The first-order valence-corrected chi connectivity index (χ1v) is 12.3. The minimum atomic E-state index is -0.451. The molecule has 0 radical (unpaired) electrons. The van der Waals surface area contributed by atoms with Gasteiger partial charge in [0.25, 0.3) is 0 Å². The van der Waals surface area contributed by atoms with Crippen molar-refractivity contribution in [1.82, 2.24) is 14.8 Å². The number of amides is 1. The van der Waals surface area contributed by atoms with Crippen LogP contribution in [-0.2, 0) is 4.79 Å². The molecule has 34 heavy (non-hydrogen) atoms. The topological polar surface area (TPSA) is 78.3 Å². The van der Waals surface area contributed by atoms with Gasteiger partial charge < -0.3 is 14.8 Å². The third-order valence-electron chi connectivity index (χ3n) is 5.99. The first kappa shape index (κ1) is 24.1. The van der Waals surface area contributed by atoms with Crippen LogP contribution >= 0.6 is 11.8 Å². The molecular formula is C25H29FN4O3S. The van der Waals surface area contributed by atoms with Gasteiger partial charge >= 0.3 is 0 Å². The number of rotatable bonds is 8. The van der Waals surface area contributed by atoms with E-state index in [9.17, 15) is 9.18 Å². The number of methoxy groups -OCH3 is 2. The van der Waals surface area contributed by atoms with Crippen molar-refractivity contribution in [3.05, 3.63) is 48.3 Å². The third-order valence-corrected chi connectivity index (χ3v) is 7.05. The van der Waals surface area contributed by atoms with Crippen LogP contribution in [0.3, 0.4) is 0 Å². The summed E-state index contributed by atoms with van der Waals surface area (Å²) in [6, 6.07) is 11.8. The standard InChI is InChI=1S/C25H29FN4O3S/c1-16(24(31)27-19-9-7-8-18(26)15-19)34-25-29-28-23(30(25)20-10-5-4-6-11-20)17-12-13-21(32-2)22(14-17)33-3/h7-9,12-16,20H,4-6,10-11H2,1-3H3,(H,27,31). The summed E-state index contributed by atoms with van der Waals surface area (Å²) in [5.41, 5.74) is 1.30. The Balaban J connectivity index is 1.62. The van der Waals surface area contributed by atoms with Gasteiger partial charge in [0.05, 0.1) is 19.5 Å². The predicted octanol–water partition coefficient (Wildman–Crippen LogP) is 5.73. The van der Waals surface area contributed by atoms with Crippen LogP contribution in [0, 0.1) is 5.82 Å². The second-order valence-corrected chi connectivity index (χ2v) is 9.61. The Bertz CT molecular complexity index is 1150. The van der Waals surface area contributed by atoms with Crippen molar-refractivity contribution < 1.29 is 18.7 Å². The molecule has 0 bridgehead atoms. The van der Waals surface area contributed by atoms with Gasteiger partial charge in [-0.3, -0.25) is 9.36 Å². The maximum Gasteiger partial charge on any atom is 0.237 e. The van der Waals surface area contributed by atoms with Gasteiger partial charge in [0.15, 0.2) is 22.5 Å². The van der Waals surface area contributed by atoms with Gasteiger partial charge in [0, 0.05) is 17.3 Å². The fourth-order valence-corrected chi connectivity index (χ4v) is 5.14. The van der Waals surface area contributed by atoms with E-state index in [0.29, 0.717) is 22.3 Å². The van der Waals surface area contributed by atoms with Crippen molar-refractivity contribution in [2.24, 2.45) is 0 Å². The van der Waals surface area contributed by atoms with Crippen LogP contribution in [0.15, 0.2) is 47.6 Å². The van der Waals surface area contributed by atoms with E-state index in [-0.39, 0.29) is 11.9 Å². The summed E-state index contributed by atoms with van der Waals surface area (Å²) in [6.07, 6.45) is 5.59. The average molecular weight is 485 g/mol. The SMILES string of the molecule is COc1ccc(-c2nnc(SC(C)C(=O)Nc3cccc(F)c3)n2C2CCCCC2)cc1OC. The number of thioether (sulfide) groups is 1. The summed E-state index contributed by atoms with van der Waals surface area (Å²) in [5.74, 6) is 1.40. The number of nitrogens with zero attached hydrogens (tertiary/aromatic N) is 3. The van der Waals surface area contributed by atoms with Crippen molar-refractivity contribution >= 4 is 23.4 Å². The minimum absolute atomic E-state index is 0.221. The van der Waals surface area contributed by atoms with E-state index in [1.807, 2.05) is 25.1 Å². The number of hydrogen-bond donors (Lipinski definition) is 1. The molecule has 4 rings (SSSR count). The van der Waals surface area contributed by atoms with E-state index in [1.165, 1.54) is 30.3 Å². The fourth-order valence-electron chi connectivity index (χ4n) is 4.22. The quantitative estimate of drug-likeness (QED) is 0.412. The van der Waals surface area contributed by atoms with Gasteiger partial charge in [-0.15, -0.1) is 10.2 Å². The molecule has 9 heteroatoms. The van der Waals surface area contributed by atoms with Crippen molar-refractivity contribution in [2.45, 2.75) is 55.5 Å². The molecule has 1 atom stereocenters. The van der Waals surface area contributed by atoms with Crippen LogP contribution in [0.4, 0.5) is 10.1 Å². The molecule has 180 valence electrons. The molecule has 0 saturated heterocycles. The molecule has 0 spiro atoms. The largest absolute Gasteiger partial charge is 0.493 e. The van der Waals surface area contributed by atoms with Crippen molar-refractivity contribution in [3.63, 3.8) is 0 Å². The van der Waals surface area contributed by atoms with Crippen molar-refractivity contribution in [1.29, 1.82) is 0 Å². The van der Waals surface area contributed by atoms with Gasteiger partial charge in [-0.2, -0.15) is 0 Å². The second-order valence-electron chi connectivity index (χ2n) is 8.30. The molecule has 1 aliphatic rings. The third kappa shape index (κ3) is 5.35.